The SMILES string of the molecule is C=CC(=O)N(CCC(=N)c1ncnc(N)c1Nc1ccc(C)c(O)c1)c1ccccc1. The van der Waals surface area contributed by atoms with Crippen LogP contribution in [-0.4, -0.2) is 33.2 Å². The number of para-hydroxylation sites is 1. The van der Waals surface area contributed by atoms with Gasteiger partial charge in [0.1, 0.15) is 23.5 Å². The molecule has 0 spiro atoms. The van der Waals surface area contributed by atoms with Crippen molar-refractivity contribution in [2.75, 3.05) is 22.5 Å². The molecule has 0 saturated heterocycles. The Morgan fingerprint density at radius 1 is 1.26 bits per heavy atom. The van der Waals surface area contributed by atoms with E-state index in [0.717, 1.165) is 11.3 Å². The Kier molecular flexibility index (Phi) is 6.61. The number of aromatic nitrogens is 2. The van der Waals surface area contributed by atoms with E-state index in [-0.39, 0.29) is 36.2 Å². The highest BCUT2D eigenvalue weighted by Crippen LogP contribution is 2.28. The van der Waals surface area contributed by atoms with E-state index in [1.54, 1.807) is 30.0 Å². The molecular formula is C23H24N6O2. The summed E-state index contributed by atoms with van der Waals surface area (Å²) in [6.45, 7) is 5.63. The summed E-state index contributed by atoms with van der Waals surface area (Å²) in [5.74, 6) is 0.0602. The van der Waals surface area contributed by atoms with Gasteiger partial charge in [0.05, 0.1) is 5.71 Å². The maximum atomic E-state index is 12.3. The molecule has 0 radical (unpaired) electrons. The van der Waals surface area contributed by atoms with Crippen LogP contribution >= 0.6 is 0 Å². The van der Waals surface area contributed by atoms with Gasteiger partial charge in [-0.1, -0.05) is 30.8 Å². The number of carbonyl (C=O) groups excluding carboxylic acids is 1. The zero-order chi connectivity index (χ0) is 22.4. The van der Waals surface area contributed by atoms with Gasteiger partial charge in [-0.15, -0.1) is 0 Å². The second-order valence-electron chi connectivity index (χ2n) is 6.87. The molecule has 1 aromatic heterocycles. The standard InChI is InChI=1S/C23H24N6O2/c1-3-20(31)29(17-7-5-4-6-8-17)12-11-18(24)21-22(23(25)27-14-26-21)28-16-10-9-15(2)19(30)13-16/h3-10,13-14,24,28,30H,1,11-12H2,2H3,(H2,25,26,27). The van der Waals surface area contributed by atoms with Crippen LogP contribution in [0.1, 0.15) is 17.7 Å². The Labute approximate surface area is 180 Å². The van der Waals surface area contributed by atoms with Crippen molar-refractivity contribution < 1.29 is 9.90 Å². The highest BCUT2D eigenvalue weighted by Gasteiger charge is 2.18. The number of amides is 1. The Balaban J connectivity index is 1.83. The van der Waals surface area contributed by atoms with Gasteiger partial charge in [-0.3, -0.25) is 4.79 Å². The molecule has 0 atom stereocenters. The summed E-state index contributed by atoms with van der Waals surface area (Å²) in [6.07, 6.45) is 2.77. The largest absolute Gasteiger partial charge is 0.508 e. The highest BCUT2D eigenvalue weighted by molar-refractivity contribution is 6.05. The molecule has 0 saturated carbocycles. The van der Waals surface area contributed by atoms with Crippen LogP contribution in [0, 0.1) is 12.3 Å². The quantitative estimate of drug-likeness (QED) is 0.327. The smallest absolute Gasteiger partial charge is 0.250 e. The monoisotopic (exact) mass is 416 g/mol. The normalized spacial score (nSPS) is 10.4. The number of phenols is 1. The Hall–Kier alpha value is -4.20. The lowest BCUT2D eigenvalue weighted by atomic mass is 10.1. The van der Waals surface area contributed by atoms with Crippen LogP contribution in [0.2, 0.25) is 0 Å². The molecule has 1 heterocycles. The third-order valence-electron chi connectivity index (χ3n) is 4.73. The average molecular weight is 416 g/mol. The molecular weight excluding hydrogens is 392 g/mol. The van der Waals surface area contributed by atoms with Crippen molar-refractivity contribution in [1.82, 2.24) is 9.97 Å². The summed E-state index contributed by atoms with van der Waals surface area (Å²) in [7, 11) is 0. The van der Waals surface area contributed by atoms with Crippen LogP contribution in [0.4, 0.5) is 22.9 Å². The molecule has 0 aliphatic carbocycles. The summed E-state index contributed by atoms with van der Waals surface area (Å²) in [5, 5.41) is 21.6. The van der Waals surface area contributed by atoms with Gasteiger partial charge in [0.25, 0.3) is 0 Å². The summed E-state index contributed by atoms with van der Waals surface area (Å²) in [4.78, 5) is 22.1. The first-order chi connectivity index (χ1) is 14.9. The number of benzene rings is 2. The molecule has 0 aliphatic heterocycles. The topological polar surface area (TPSA) is 128 Å². The fraction of sp³-hybridized carbons (Fsp3) is 0.130. The molecule has 3 aromatic rings. The van der Waals surface area contributed by atoms with Crippen molar-refractivity contribution in [1.29, 1.82) is 5.41 Å². The molecule has 8 heteroatoms. The molecule has 31 heavy (non-hydrogen) atoms. The second-order valence-corrected chi connectivity index (χ2v) is 6.87. The van der Waals surface area contributed by atoms with E-state index < -0.39 is 0 Å². The lowest BCUT2D eigenvalue weighted by Gasteiger charge is -2.22. The molecule has 5 N–H and O–H groups in total. The van der Waals surface area contributed by atoms with Crippen LogP contribution in [0.15, 0.2) is 67.5 Å². The summed E-state index contributed by atoms with van der Waals surface area (Å²) in [5.41, 5.74) is 8.97. The number of nitrogens with zero attached hydrogens (tertiary/aromatic N) is 3. The Bertz CT molecular complexity index is 1110. The zero-order valence-electron chi connectivity index (χ0n) is 17.2. The van der Waals surface area contributed by atoms with Crippen molar-refractivity contribution in [3.8, 4) is 5.75 Å². The van der Waals surface area contributed by atoms with Gasteiger partial charge in [0.2, 0.25) is 5.91 Å². The molecule has 8 nitrogen and oxygen atoms in total. The fourth-order valence-corrected chi connectivity index (χ4v) is 3.01. The van der Waals surface area contributed by atoms with Crippen LogP contribution in [0.25, 0.3) is 0 Å². The third-order valence-corrected chi connectivity index (χ3v) is 4.73. The van der Waals surface area contributed by atoms with Gasteiger partial charge in [-0.2, -0.15) is 0 Å². The fourth-order valence-electron chi connectivity index (χ4n) is 3.01. The molecule has 0 unspecified atom stereocenters. The van der Waals surface area contributed by atoms with E-state index in [0.29, 0.717) is 17.1 Å². The first-order valence-corrected chi connectivity index (χ1v) is 9.64. The number of phenolic OH excluding ortho intramolecular Hbond substituents is 1. The minimum atomic E-state index is -0.255. The van der Waals surface area contributed by atoms with Gasteiger partial charge >= 0.3 is 0 Å². The number of nitrogen functional groups attached to an aromatic ring is 1. The van der Waals surface area contributed by atoms with Gasteiger partial charge in [-0.25, -0.2) is 9.97 Å². The molecule has 0 fully saturated rings. The number of aryl methyl sites for hydroxylation is 1. The molecule has 0 bridgehead atoms. The number of anilines is 4. The molecule has 1 amide bonds. The lowest BCUT2D eigenvalue weighted by Crippen LogP contribution is -2.31. The van der Waals surface area contributed by atoms with Crippen molar-refractivity contribution in [3.05, 3.63) is 78.8 Å². The second kappa shape index (κ2) is 9.53. The van der Waals surface area contributed by atoms with Crippen molar-refractivity contribution in [3.63, 3.8) is 0 Å². The average Bonchev–Trinajstić information content (AvgIpc) is 2.78. The van der Waals surface area contributed by atoms with Crippen LogP contribution in [0.5, 0.6) is 5.75 Å². The summed E-state index contributed by atoms with van der Waals surface area (Å²) in [6, 6.07) is 14.3. The molecule has 158 valence electrons. The number of aromatic hydroxyl groups is 1. The summed E-state index contributed by atoms with van der Waals surface area (Å²) >= 11 is 0. The maximum absolute atomic E-state index is 12.3. The maximum Gasteiger partial charge on any atom is 0.250 e. The molecule has 2 aromatic carbocycles. The predicted molar refractivity (Wildman–Crippen MR) is 123 cm³/mol. The number of rotatable bonds is 8. The van der Waals surface area contributed by atoms with E-state index in [1.807, 2.05) is 30.3 Å². The number of hydrogen-bond donors (Lipinski definition) is 4. The molecule has 0 aliphatic rings. The minimum Gasteiger partial charge on any atom is -0.508 e. The number of hydrogen-bond acceptors (Lipinski definition) is 7. The zero-order valence-corrected chi connectivity index (χ0v) is 17.2. The van der Waals surface area contributed by atoms with Crippen molar-refractivity contribution in [2.24, 2.45) is 0 Å². The number of nitrogens with two attached hydrogens (primary N) is 1. The predicted octanol–water partition coefficient (Wildman–Crippen LogP) is 3.79. The molecule has 3 rings (SSSR count). The Morgan fingerprint density at radius 2 is 2.00 bits per heavy atom. The lowest BCUT2D eigenvalue weighted by molar-refractivity contribution is -0.114. The number of nitrogens with one attached hydrogen (secondary N) is 2. The van der Waals surface area contributed by atoms with Gasteiger partial charge in [-0.05, 0) is 36.8 Å². The van der Waals surface area contributed by atoms with Crippen LogP contribution in [0.3, 0.4) is 0 Å². The van der Waals surface area contributed by atoms with E-state index >= 15 is 0 Å². The first-order valence-electron chi connectivity index (χ1n) is 9.64. The van der Waals surface area contributed by atoms with E-state index in [4.69, 9.17) is 11.1 Å². The highest BCUT2D eigenvalue weighted by atomic mass is 16.3. The Morgan fingerprint density at radius 3 is 2.68 bits per heavy atom. The van der Waals surface area contributed by atoms with Crippen molar-refractivity contribution >= 4 is 34.5 Å². The van der Waals surface area contributed by atoms with Gasteiger partial charge in [0.15, 0.2) is 5.82 Å². The minimum absolute atomic E-state index is 0.137. The van der Waals surface area contributed by atoms with Crippen LogP contribution in [-0.2, 0) is 4.79 Å². The first kappa shape index (κ1) is 21.5. The van der Waals surface area contributed by atoms with Gasteiger partial charge in [0, 0.05) is 30.4 Å². The summed E-state index contributed by atoms with van der Waals surface area (Å²) < 4.78 is 0. The third kappa shape index (κ3) is 5.05. The number of carbonyl (C=O) groups is 1. The van der Waals surface area contributed by atoms with E-state index in [1.165, 1.54) is 12.4 Å². The van der Waals surface area contributed by atoms with Crippen molar-refractivity contribution in [2.45, 2.75) is 13.3 Å². The van der Waals surface area contributed by atoms with Crippen LogP contribution < -0.4 is 16.0 Å². The van der Waals surface area contributed by atoms with E-state index in [2.05, 4.69) is 21.9 Å². The van der Waals surface area contributed by atoms with Gasteiger partial charge < -0.3 is 26.5 Å². The van der Waals surface area contributed by atoms with E-state index in [9.17, 15) is 9.90 Å².